The van der Waals surface area contributed by atoms with E-state index in [0.29, 0.717) is 36.8 Å². The molecule has 3 heterocycles. The van der Waals surface area contributed by atoms with E-state index < -0.39 is 46.7 Å². The second-order valence-corrected chi connectivity index (χ2v) is 11.6. The molecule has 0 spiro atoms. The number of thiazole rings is 1. The van der Waals surface area contributed by atoms with Gasteiger partial charge in [-0.3, -0.25) is 9.59 Å². The number of anilines is 1. The molecular formula is C25H30F5N5O3S. The second-order valence-electron chi connectivity index (χ2n) is 10.6. The summed E-state index contributed by atoms with van der Waals surface area (Å²) >= 11 is 0.596. The van der Waals surface area contributed by atoms with Gasteiger partial charge in [-0.2, -0.15) is 13.2 Å². The number of aromatic nitrogens is 2. The van der Waals surface area contributed by atoms with Crippen molar-refractivity contribution < 1.29 is 36.6 Å². The summed E-state index contributed by atoms with van der Waals surface area (Å²) in [7, 11) is 0. The summed E-state index contributed by atoms with van der Waals surface area (Å²) in [5.74, 6) is -4.83. The van der Waals surface area contributed by atoms with Gasteiger partial charge in [0, 0.05) is 37.3 Å². The van der Waals surface area contributed by atoms with Gasteiger partial charge in [0.1, 0.15) is 11.5 Å². The van der Waals surface area contributed by atoms with Crippen molar-refractivity contribution in [2.24, 2.45) is 0 Å². The highest BCUT2D eigenvalue weighted by Gasteiger charge is 2.44. The Morgan fingerprint density at radius 3 is 2.51 bits per heavy atom. The third kappa shape index (κ3) is 6.48. The van der Waals surface area contributed by atoms with E-state index >= 15 is 0 Å². The Balaban J connectivity index is 1.77. The number of carbonyl (C=O) groups excluding carboxylic acids is 2. The Morgan fingerprint density at radius 1 is 1.23 bits per heavy atom. The lowest BCUT2D eigenvalue weighted by atomic mass is 10.1. The first-order valence-electron chi connectivity index (χ1n) is 12.6. The number of nitrogens with one attached hydrogen (secondary N) is 2. The molecule has 39 heavy (non-hydrogen) atoms. The summed E-state index contributed by atoms with van der Waals surface area (Å²) in [6, 6.07) is -0.871. The first-order chi connectivity index (χ1) is 18.1. The number of likely N-dealkylation sites (tertiary alicyclic amines) is 1. The van der Waals surface area contributed by atoms with E-state index in [-0.39, 0.29) is 53.2 Å². The van der Waals surface area contributed by atoms with Gasteiger partial charge in [0.15, 0.2) is 5.01 Å². The summed E-state index contributed by atoms with van der Waals surface area (Å²) in [6.45, 7) is 4.97. The van der Waals surface area contributed by atoms with Gasteiger partial charge in [-0.1, -0.05) is 0 Å². The number of nitrogens with zero attached hydrogens (tertiary/aromatic N) is 3. The quantitative estimate of drug-likeness (QED) is 0.404. The average Bonchev–Trinajstić information content (AvgIpc) is 3.54. The van der Waals surface area contributed by atoms with Crippen molar-refractivity contribution in [3.63, 3.8) is 0 Å². The number of amides is 2. The fourth-order valence-electron chi connectivity index (χ4n) is 4.72. The summed E-state index contributed by atoms with van der Waals surface area (Å²) in [4.78, 5) is 35.6. The van der Waals surface area contributed by atoms with Crippen molar-refractivity contribution >= 4 is 29.0 Å². The van der Waals surface area contributed by atoms with Gasteiger partial charge in [0.05, 0.1) is 22.1 Å². The maximum absolute atomic E-state index is 14.3. The largest absolute Gasteiger partial charge is 0.417 e. The highest BCUT2D eigenvalue weighted by Crippen LogP contribution is 2.43. The van der Waals surface area contributed by atoms with Crippen molar-refractivity contribution in [1.82, 2.24) is 20.2 Å². The van der Waals surface area contributed by atoms with Gasteiger partial charge in [-0.25, -0.2) is 18.7 Å². The molecule has 0 aromatic carbocycles. The van der Waals surface area contributed by atoms with E-state index in [1.54, 1.807) is 0 Å². The molecule has 2 amide bonds. The molecule has 2 aromatic heterocycles. The van der Waals surface area contributed by atoms with Crippen molar-refractivity contribution in [3.05, 3.63) is 28.5 Å². The Labute approximate surface area is 226 Å². The van der Waals surface area contributed by atoms with Crippen LogP contribution in [0.5, 0.6) is 0 Å². The number of pyridine rings is 1. The number of hydrogen-bond donors (Lipinski definition) is 3. The lowest BCUT2D eigenvalue weighted by Crippen LogP contribution is -2.38. The number of halogens is 5. The first kappa shape index (κ1) is 29.1. The fourth-order valence-corrected chi connectivity index (χ4v) is 5.72. The van der Waals surface area contributed by atoms with Crippen LogP contribution in [0, 0.1) is 0 Å². The van der Waals surface area contributed by atoms with Crippen molar-refractivity contribution in [3.8, 4) is 10.4 Å². The van der Waals surface area contributed by atoms with Gasteiger partial charge in [-0.15, -0.1) is 11.3 Å². The first-order valence-corrected chi connectivity index (χ1v) is 13.4. The van der Waals surface area contributed by atoms with Crippen LogP contribution >= 0.6 is 11.3 Å². The van der Waals surface area contributed by atoms with Crippen LogP contribution in [0.4, 0.5) is 27.8 Å². The monoisotopic (exact) mass is 575 g/mol. The molecule has 0 radical (unpaired) electrons. The minimum Gasteiger partial charge on any atom is -0.389 e. The molecule has 4 rings (SSSR count). The van der Waals surface area contributed by atoms with E-state index in [2.05, 4.69) is 20.6 Å². The highest BCUT2D eigenvalue weighted by molar-refractivity contribution is 7.17. The summed E-state index contributed by atoms with van der Waals surface area (Å²) in [6.07, 6.45) is -2.68. The highest BCUT2D eigenvalue weighted by atomic mass is 32.1. The topological polar surface area (TPSA) is 107 Å². The van der Waals surface area contributed by atoms with Crippen LogP contribution in [0.25, 0.3) is 10.4 Å². The van der Waals surface area contributed by atoms with E-state index in [0.717, 1.165) is 6.20 Å². The molecule has 14 heteroatoms. The van der Waals surface area contributed by atoms with Crippen LogP contribution in [-0.4, -0.2) is 68.5 Å². The van der Waals surface area contributed by atoms with Crippen molar-refractivity contribution in [2.75, 3.05) is 18.4 Å². The van der Waals surface area contributed by atoms with Gasteiger partial charge in [0.2, 0.25) is 0 Å². The molecule has 0 unspecified atom stereocenters. The maximum atomic E-state index is 14.3. The minimum atomic E-state index is -4.93. The number of aliphatic hydroxyl groups is 1. The van der Waals surface area contributed by atoms with Crippen LogP contribution in [-0.2, 0) is 6.18 Å². The second kappa shape index (κ2) is 10.6. The molecule has 1 aliphatic carbocycles. The molecule has 1 aliphatic heterocycles. The third-order valence-electron chi connectivity index (χ3n) is 6.81. The SMILES string of the molecule is C[C@H]1CCCN1C(=O)c1nc(C(=O)NCC(C)(C)O)sc1-c1cnc(N[C@@H]2CCCC2(F)F)cc1C(F)(F)F. The average molecular weight is 576 g/mol. The van der Waals surface area contributed by atoms with Gasteiger partial charge in [-0.05, 0) is 52.5 Å². The predicted molar refractivity (Wildman–Crippen MR) is 135 cm³/mol. The van der Waals surface area contributed by atoms with E-state index in [1.165, 1.54) is 18.7 Å². The van der Waals surface area contributed by atoms with Crippen LogP contribution < -0.4 is 10.6 Å². The molecule has 1 saturated heterocycles. The minimum absolute atomic E-state index is 0.0857. The molecule has 2 aliphatic rings. The van der Waals surface area contributed by atoms with E-state index in [4.69, 9.17) is 0 Å². The summed E-state index contributed by atoms with van der Waals surface area (Å²) in [5.41, 5.74) is -3.26. The van der Waals surface area contributed by atoms with Gasteiger partial charge < -0.3 is 20.6 Å². The lowest BCUT2D eigenvalue weighted by molar-refractivity contribution is -0.137. The van der Waals surface area contributed by atoms with Gasteiger partial charge >= 0.3 is 6.18 Å². The molecule has 3 N–H and O–H groups in total. The molecule has 0 bridgehead atoms. The number of hydrogen-bond acceptors (Lipinski definition) is 7. The van der Waals surface area contributed by atoms with Crippen molar-refractivity contribution in [1.29, 1.82) is 0 Å². The molecule has 2 atom stereocenters. The van der Waals surface area contributed by atoms with Crippen LogP contribution in [0.2, 0.25) is 0 Å². The third-order valence-corrected chi connectivity index (χ3v) is 7.90. The normalized spacial score (nSPS) is 21.3. The summed E-state index contributed by atoms with van der Waals surface area (Å²) < 4.78 is 71.0. The zero-order valence-corrected chi connectivity index (χ0v) is 22.5. The Hall–Kier alpha value is -2.87. The van der Waals surface area contributed by atoms with E-state index in [9.17, 15) is 36.6 Å². The molecule has 1 saturated carbocycles. The Morgan fingerprint density at radius 2 is 1.95 bits per heavy atom. The summed E-state index contributed by atoms with van der Waals surface area (Å²) in [5, 5.41) is 14.6. The van der Waals surface area contributed by atoms with Crippen LogP contribution in [0.15, 0.2) is 12.3 Å². The fraction of sp³-hybridized carbons (Fsp3) is 0.600. The number of rotatable bonds is 7. The Bertz CT molecular complexity index is 1240. The maximum Gasteiger partial charge on any atom is 0.417 e. The van der Waals surface area contributed by atoms with E-state index in [1.807, 2.05) is 6.92 Å². The molecular weight excluding hydrogens is 545 g/mol. The molecule has 2 aromatic rings. The predicted octanol–water partition coefficient (Wildman–Crippen LogP) is 4.95. The molecule has 2 fully saturated rings. The van der Waals surface area contributed by atoms with Crippen LogP contribution in [0.3, 0.4) is 0 Å². The number of alkyl halides is 5. The zero-order chi connectivity index (χ0) is 28.8. The number of carbonyl (C=O) groups is 2. The molecule has 8 nitrogen and oxygen atoms in total. The van der Waals surface area contributed by atoms with Crippen molar-refractivity contribution in [2.45, 2.75) is 82.7 Å². The van der Waals surface area contributed by atoms with Gasteiger partial charge in [0.25, 0.3) is 17.7 Å². The lowest BCUT2D eigenvalue weighted by Gasteiger charge is -2.22. The van der Waals surface area contributed by atoms with Crippen LogP contribution in [0.1, 0.15) is 78.7 Å². The standard InChI is InChI=1S/C25H30F5N5O3S/c1-13-6-5-9-35(13)22(37)18-19(39-21(34-18)20(36)32-12-23(2,3)38)14-11-31-17(10-15(14)25(28,29)30)33-16-7-4-8-24(16,26)27/h10-11,13,16,38H,4-9,12H2,1-3H3,(H,31,33)(H,32,36)/t13-,16+/m0/s1. The Kier molecular flexibility index (Phi) is 7.92. The zero-order valence-electron chi connectivity index (χ0n) is 21.7. The smallest absolute Gasteiger partial charge is 0.389 e. The molecule has 214 valence electrons.